The predicted molar refractivity (Wildman–Crippen MR) is 77.2 cm³/mol. The van der Waals surface area contributed by atoms with Gasteiger partial charge in [0, 0.05) is 17.8 Å². The molecule has 0 spiro atoms. The molecular weight excluding hydrogens is 254 g/mol. The summed E-state index contributed by atoms with van der Waals surface area (Å²) in [5, 5.41) is 9.44. The Labute approximate surface area is 117 Å². The maximum Gasteiger partial charge on any atom is 0.244 e. The normalized spacial score (nSPS) is 12.3. The molecule has 2 aromatic rings. The monoisotopic (exact) mass is 271 g/mol. The second-order valence-electron chi connectivity index (χ2n) is 4.37. The number of aromatic amines is 1. The molecule has 1 aromatic carbocycles. The molecule has 1 aromatic heterocycles. The third-order valence-electron chi connectivity index (χ3n) is 2.92. The van der Waals surface area contributed by atoms with E-state index in [0.717, 1.165) is 16.9 Å². The molecule has 0 bridgehead atoms. The lowest BCUT2D eigenvalue weighted by Crippen LogP contribution is -2.24. The summed E-state index contributed by atoms with van der Waals surface area (Å²) in [6.45, 7) is 1.91. The van der Waals surface area contributed by atoms with E-state index in [-0.39, 0.29) is 11.9 Å². The highest BCUT2D eigenvalue weighted by Crippen LogP contribution is 2.12. The number of carbonyl (C=O) groups is 1. The minimum Gasteiger partial charge on any atom is -0.497 e. The van der Waals surface area contributed by atoms with Gasteiger partial charge in [-0.15, -0.1) is 0 Å². The standard InChI is InChI=1S/C15H17N3O2/c1-11(13-9-16-17-10-13)18-15(19)8-5-12-3-6-14(20-2)7-4-12/h3-11H,1-2H3,(H,16,17)(H,18,19)/b8-5+. The highest BCUT2D eigenvalue weighted by atomic mass is 16.5. The molecule has 0 saturated heterocycles. The molecule has 5 nitrogen and oxygen atoms in total. The van der Waals surface area contributed by atoms with Gasteiger partial charge >= 0.3 is 0 Å². The van der Waals surface area contributed by atoms with E-state index in [0.29, 0.717) is 0 Å². The average molecular weight is 271 g/mol. The third-order valence-corrected chi connectivity index (χ3v) is 2.92. The lowest BCUT2D eigenvalue weighted by Gasteiger charge is -2.09. The summed E-state index contributed by atoms with van der Waals surface area (Å²) in [6, 6.07) is 7.41. The van der Waals surface area contributed by atoms with Crippen LogP contribution in [0.1, 0.15) is 24.1 Å². The first-order chi connectivity index (χ1) is 9.69. The van der Waals surface area contributed by atoms with Gasteiger partial charge in [0.05, 0.1) is 19.3 Å². The lowest BCUT2D eigenvalue weighted by molar-refractivity contribution is -0.117. The summed E-state index contributed by atoms with van der Waals surface area (Å²) in [5.74, 6) is 0.648. The summed E-state index contributed by atoms with van der Waals surface area (Å²) in [7, 11) is 1.62. The molecule has 104 valence electrons. The first-order valence-corrected chi connectivity index (χ1v) is 6.30. The number of aromatic nitrogens is 2. The first kappa shape index (κ1) is 13.9. The number of nitrogens with zero attached hydrogens (tertiary/aromatic N) is 1. The molecular formula is C15H17N3O2. The van der Waals surface area contributed by atoms with E-state index in [4.69, 9.17) is 4.74 Å². The number of carbonyl (C=O) groups excluding carboxylic acids is 1. The molecule has 20 heavy (non-hydrogen) atoms. The number of hydrogen-bond donors (Lipinski definition) is 2. The van der Waals surface area contributed by atoms with Crippen LogP contribution in [-0.2, 0) is 4.79 Å². The van der Waals surface area contributed by atoms with Crippen molar-refractivity contribution in [2.24, 2.45) is 0 Å². The Hall–Kier alpha value is -2.56. The van der Waals surface area contributed by atoms with Crippen molar-refractivity contribution in [3.8, 4) is 5.75 Å². The highest BCUT2D eigenvalue weighted by molar-refractivity contribution is 5.91. The molecule has 0 fully saturated rings. The van der Waals surface area contributed by atoms with Crippen LogP contribution in [0.15, 0.2) is 42.7 Å². The molecule has 5 heteroatoms. The van der Waals surface area contributed by atoms with Gasteiger partial charge in [0.25, 0.3) is 0 Å². The molecule has 0 radical (unpaired) electrons. The van der Waals surface area contributed by atoms with Crippen LogP contribution >= 0.6 is 0 Å². The zero-order valence-electron chi connectivity index (χ0n) is 11.5. The fourth-order valence-corrected chi connectivity index (χ4v) is 1.73. The van der Waals surface area contributed by atoms with E-state index in [1.165, 1.54) is 6.08 Å². The lowest BCUT2D eigenvalue weighted by atomic mass is 10.2. The Morgan fingerprint density at radius 2 is 2.15 bits per heavy atom. The molecule has 1 amide bonds. The molecule has 1 unspecified atom stereocenters. The van der Waals surface area contributed by atoms with Gasteiger partial charge in [-0.25, -0.2) is 0 Å². The Kier molecular flexibility index (Phi) is 4.55. The fraction of sp³-hybridized carbons (Fsp3) is 0.200. The van der Waals surface area contributed by atoms with Crippen molar-refractivity contribution in [2.45, 2.75) is 13.0 Å². The van der Waals surface area contributed by atoms with Crippen LogP contribution in [0, 0.1) is 0 Å². The Bertz CT molecular complexity index is 574. The quantitative estimate of drug-likeness (QED) is 0.820. The van der Waals surface area contributed by atoms with Gasteiger partial charge in [-0.05, 0) is 30.7 Å². The first-order valence-electron chi connectivity index (χ1n) is 6.30. The van der Waals surface area contributed by atoms with Gasteiger partial charge in [-0.2, -0.15) is 5.10 Å². The van der Waals surface area contributed by atoms with Crippen molar-refractivity contribution in [1.82, 2.24) is 15.5 Å². The van der Waals surface area contributed by atoms with Gasteiger partial charge in [0.15, 0.2) is 0 Å². The molecule has 2 rings (SSSR count). The molecule has 1 heterocycles. The van der Waals surface area contributed by atoms with E-state index >= 15 is 0 Å². The van der Waals surface area contributed by atoms with Crippen molar-refractivity contribution in [1.29, 1.82) is 0 Å². The summed E-state index contributed by atoms with van der Waals surface area (Å²) >= 11 is 0. The van der Waals surface area contributed by atoms with E-state index in [1.54, 1.807) is 25.6 Å². The van der Waals surface area contributed by atoms with Crippen LogP contribution in [0.2, 0.25) is 0 Å². The van der Waals surface area contributed by atoms with Gasteiger partial charge in [-0.1, -0.05) is 12.1 Å². The highest BCUT2D eigenvalue weighted by Gasteiger charge is 2.07. The van der Waals surface area contributed by atoms with Crippen LogP contribution in [0.4, 0.5) is 0 Å². The SMILES string of the molecule is COc1ccc(/C=C/C(=O)NC(C)c2cn[nH]c2)cc1. The van der Waals surface area contributed by atoms with E-state index < -0.39 is 0 Å². The molecule has 0 aliphatic heterocycles. The molecule has 0 aliphatic carbocycles. The number of hydrogen-bond acceptors (Lipinski definition) is 3. The summed E-state index contributed by atoms with van der Waals surface area (Å²) in [4.78, 5) is 11.8. The zero-order valence-corrected chi connectivity index (χ0v) is 11.5. The summed E-state index contributed by atoms with van der Waals surface area (Å²) in [5.41, 5.74) is 1.88. The van der Waals surface area contributed by atoms with Crippen molar-refractivity contribution in [3.63, 3.8) is 0 Å². The van der Waals surface area contributed by atoms with E-state index in [2.05, 4.69) is 15.5 Å². The second-order valence-corrected chi connectivity index (χ2v) is 4.37. The molecule has 2 N–H and O–H groups in total. The Balaban J connectivity index is 1.91. The van der Waals surface area contributed by atoms with Gasteiger partial charge in [-0.3, -0.25) is 9.89 Å². The van der Waals surface area contributed by atoms with Crippen LogP contribution in [-0.4, -0.2) is 23.2 Å². The topological polar surface area (TPSA) is 67.0 Å². The minimum absolute atomic E-state index is 0.0817. The van der Waals surface area contributed by atoms with Crippen LogP contribution in [0.25, 0.3) is 6.08 Å². The minimum atomic E-state index is -0.144. The zero-order chi connectivity index (χ0) is 14.4. The van der Waals surface area contributed by atoms with E-state index in [1.807, 2.05) is 31.2 Å². The second kappa shape index (κ2) is 6.56. The van der Waals surface area contributed by atoms with Crippen molar-refractivity contribution in [3.05, 3.63) is 53.9 Å². The van der Waals surface area contributed by atoms with Gasteiger partial charge < -0.3 is 10.1 Å². The molecule has 1 atom stereocenters. The number of amides is 1. The number of H-pyrrole nitrogens is 1. The smallest absolute Gasteiger partial charge is 0.244 e. The summed E-state index contributed by atoms with van der Waals surface area (Å²) in [6.07, 6.45) is 6.73. The Morgan fingerprint density at radius 3 is 2.75 bits per heavy atom. The van der Waals surface area contributed by atoms with Crippen molar-refractivity contribution < 1.29 is 9.53 Å². The van der Waals surface area contributed by atoms with Crippen LogP contribution in [0.3, 0.4) is 0 Å². The largest absolute Gasteiger partial charge is 0.497 e. The van der Waals surface area contributed by atoms with E-state index in [9.17, 15) is 4.79 Å². The van der Waals surface area contributed by atoms with Crippen molar-refractivity contribution >= 4 is 12.0 Å². The van der Waals surface area contributed by atoms with Gasteiger partial charge in [0.2, 0.25) is 5.91 Å². The maximum atomic E-state index is 11.8. The van der Waals surface area contributed by atoms with Crippen molar-refractivity contribution in [2.75, 3.05) is 7.11 Å². The number of nitrogens with one attached hydrogen (secondary N) is 2. The third kappa shape index (κ3) is 3.71. The van der Waals surface area contributed by atoms with Crippen LogP contribution < -0.4 is 10.1 Å². The summed E-state index contributed by atoms with van der Waals surface area (Å²) < 4.78 is 5.08. The predicted octanol–water partition coefficient (Wildman–Crippen LogP) is 2.31. The molecule has 0 saturated carbocycles. The Morgan fingerprint density at radius 1 is 1.40 bits per heavy atom. The number of benzene rings is 1. The number of rotatable bonds is 5. The number of ether oxygens (including phenoxy) is 1. The number of methoxy groups -OCH3 is 1. The average Bonchev–Trinajstić information content (AvgIpc) is 3.00. The molecule has 0 aliphatic rings. The fourth-order valence-electron chi connectivity index (χ4n) is 1.73. The van der Waals surface area contributed by atoms with Gasteiger partial charge in [0.1, 0.15) is 5.75 Å². The van der Waals surface area contributed by atoms with Crippen LogP contribution in [0.5, 0.6) is 5.75 Å². The maximum absolute atomic E-state index is 11.8.